The van der Waals surface area contributed by atoms with Crippen LogP contribution in [-0.2, 0) is 13.0 Å². The monoisotopic (exact) mass is 446 g/mol. The highest BCUT2D eigenvalue weighted by Crippen LogP contribution is 2.16. The van der Waals surface area contributed by atoms with Crippen molar-refractivity contribution in [2.45, 2.75) is 26.8 Å². The first kappa shape index (κ1) is 19.7. The van der Waals surface area contributed by atoms with Crippen LogP contribution in [0.4, 0.5) is 0 Å². The van der Waals surface area contributed by atoms with E-state index in [1.54, 1.807) is 18.4 Å². The summed E-state index contributed by atoms with van der Waals surface area (Å²) in [5.74, 6) is 1.32. The van der Waals surface area contributed by atoms with Crippen LogP contribution in [0, 0.1) is 13.8 Å². The van der Waals surface area contributed by atoms with Crippen LogP contribution in [0.25, 0.3) is 0 Å². The standard InChI is InChI=1S/C16H22N4OS.HI/c1-11-15(20-12(2)22-11)10-19-16(17)18-9-8-13-4-6-14(21-3)7-5-13;/h4-7H,8-10H2,1-3H3,(H3,17,18,19);1H. The van der Waals surface area contributed by atoms with Gasteiger partial charge in [0.15, 0.2) is 5.96 Å². The van der Waals surface area contributed by atoms with E-state index < -0.39 is 0 Å². The number of benzene rings is 1. The molecule has 0 amide bonds. The Morgan fingerprint density at radius 1 is 1.30 bits per heavy atom. The first-order chi connectivity index (χ1) is 10.6. The predicted molar refractivity (Wildman–Crippen MR) is 107 cm³/mol. The number of methoxy groups -OCH3 is 1. The van der Waals surface area contributed by atoms with Crippen molar-refractivity contribution >= 4 is 41.3 Å². The number of hydrogen-bond donors (Lipinski definition) is 2. The lowest BCUT2D eigenvalue weighted by atomic mass is 10.1. The smallest absolute Gasteiger partial charge is 0.188 e. The van der Waals surface area contributed by atoms with Crippen LogP contribution >= 0.6 is 35.3 Å². The van der Waals surface area contributed by atoms with Crippen molar-refractivity contribution in [2.24, 2.45) is 10.7 Å². The zero-order chi connectivity index (χ0) is 15.9. The normalized spacial score (nSPS) is 11.0. The summed E-state index contributed by atoms with van der Waals surface area (Å²) < 4.78 is 5.14. The van der Waals surface area contributed by atoms with Crippen LogP contribution in [0.3, 0.4) is 0 Å². The van der Waals surface area contributed by atoms with Crippen molar-refractivity contribution in [3.63, 3.8) is 0 Å². The summed E-state index contributed by atoms with van der Waals surface area (Å²) in [6, 6.07) is 8.02. The second-order valence-corrected chi connectivity index (χ2v) is 6.37. The highest BCUT2D eigenvalue weighted by Gasteiger charge is 2.03. The number of nitrogens with one attached hydrogen (secondary N) is 1. The Balaban J connectivity index is 0.00000264. The summed E-state index contributed by atoms with van der Waals surface area (Å²) >= 11 is 1.69. The molecule has 0 atom stereocenters. The third-order valence-corrected chi connectivity index (χ3v) is 4.21. The maximum atomic E-state index is 5.88. The zero-order valence-electron chi connectivity index (χ0n) is 13.6. The van der Waals surface area contributed by atoms with Gasteiger partial charge < -0.3 is 15.8 Å². The quantitative estimate of drug-likeness (QED) is 0.407. The van der Waals surface area contributed by atoms with E-state index in [-0.39, 0.29) is 24.0 Å². The Hall–Kier alpha value is -1.35. The summed E-state index contributed by atoms with van der Waals surface area (Å²) in [5.41, 5.74) is 8.11. The number of ether oxygens (including phenoxy) is 1. The molecule has 126 valence electrons. The molecular weight excluding hydrogens is 423 g/mol. The molecule has 1 aromatic carbocycles. The Morgan fingerprint density at radius 3 is 2.57 bits per heavy atom. The van der Waals surface area contributed by atoms with Crippen LogP contribution in [0.1, 0.15) is 21.1 Å². The van der Waals surface area contributed by atoms with E-state index in [2.05, 4.69) is 34.3 Å². The van der Waals surface area contributed by atoms with Crippen LogP contribution in [0.15, 0.2) is 29.3 Å². The molecule has 0 aliphatic carbocycles. The van der Waals surface area contributed by atoms with E-state index in [0.29, 0.717) is 12.5 Å². The molecule has 2 aromatic rings. The van der Waals surface area contributed by atoms with E-state index in [9.17, 15) is 0 Å². The number of nitrogens with zero attached hydrogens (tertiary/aromatic N) is 2. The Kier molecular flexibility index (Phi) is 8.32. The van der Waals surface area contributed by atoms with Gasteiger partial charge in [-0.1, -0.05) is 12.1 Å². The number of hydrogen-bond acceptors (Lipinski definition) is 4. The molecular formula is C16H23IN4OS. The minimum Gasteiger partial charge on any atom is -0.497 e. The van der Waals surface area contributed by atoms with Gasteiger partial charge in [0.25, 0.3) is 0 Å². The van der Waals surface area contributed by atoms with Crippen LogP contribution in [0.5, 0.6) is 5.75 Å². The van der Waals surface area contributed by atoms with Crippen molar-refractivity contribution in [1.29, 1.82) is 0 Å². The molecule has 0 radical (unpaired) electrons. The van der Waals surface area contributed by atoms with Gasteiger partial charge in [-0.15, -0.1) is 35.3 Å². The molecule has 0 aliphatic heterocycles. The number of aryl methyl sites for hydroxylation is 2. The minimum absolute atomic E-state index is 0. The summed E-state index contributed by atoms with van der Waals surface area (Å²) in [7, 11) is 1.67. The van der Waals surface area contributed by atoms with Gasteiger partial charge in [-0.05, 0) is 38.0 Å². The van der Waals surface area contributed by atoms with Gasteiger partial charge in [-0.25, -0.2) is 9.98 Å². The molecule has 1 heterocycles. The number of nitrogens with two attached hydrogens (primary N) is 1. The molecule has 0 fully saturated rings. The molecule has 3 N–H and O–H groups in total. The highest BCUT2D eigenvalue weighted by atomic mass is 127. The Labute approximate surface area is 158 Å². The summed E-state index contributed by atoms with van der Waals surface area (Å²) in [5, 5.41) is 4.19. The first-order valence-corrected chi connectivity index (χ1v) is 7.99. The number of guanidine groups is 1. The fourth-order valence-electron chi connectivity index (χ4n) is 2.06. The third-order valence-electron chi connectivity index (χ3n) is 3.28. The summed E-state index contributed by atoms with van der Waals surface area (Å²) in [6.07, 6.45) is 0.884. The van der Waals surface area contributed by atoms with Crippen LogP contribution in [0.2, 0.25) is 0 Å². The van der Waals surface area contributed by atoms with Crippen molar-refractivity contribution in [3.8, 4) is 5.75 Å². The molecule has 0 saturated heterocycles. The molecule has 0 saturated carbocycles. The fourth-order valence-corrected chi connectivity index (χ4v) is 2.89. The van der Waals surface area contributed by atoms with Gasteiger partial charge >= 0.3 is 0 Å². The maximum Gasteiger partial charge on any atom is 0.188 e. The van der Waals surface area contributed by atoms with Crippen LogP contribution in [-0.4, -0.2) is 24.6 Å². The molecule has 5 nitrogen and oxygen atoms in total. The molecule has 1 aromatic heterocycles. The van der Waals surface area contributed by atoms with Gasteiger partial charge in [-0.2, -0.15) is 0 Å². The van der Waals surface area contributed by atoms with Crippen molar-refractivity contribution < 1.29 is 4.74 Å². The second-order valence-electron chi connectivity index (χ2n) is 4.96. The van der Waals surface area contributed by atoms with E-state index in [0.717, 1.165) is 29.4 Å². The van der Waals surface area contributed by atoms with Gasteiger partial charge in [0.1, 0.15) is 5.75 Å². The lowest BCUT2D eigenvalue weighted by molar-refractivity contribution is 0.414. The van der Waals surface area contributed by atoms with Crippen molar-refractivity contribution in [3.05, 3.63) is 45.4 Å². The summed E-state index contributed by atoms with van der Waals surface area (Å²) in [4.78, 5) is 9.98. The average molecular weight is 446 g/mol. The zero-order valence-corrected chi connectivity index (χ0v) is 16.8. The lowest BCUT2D eigenvalue weighted by Crippen LogP contribution is -2.33. The van der Waals surface area contributed by atoms with E-state index in [1.165, 1.54) is 10.4 Å². The van der Waals surface area contributed by atoms with Crippen LogP contribution < -0.4 is 15.8 Å². The Morgan fingerprint density at radius 2 is 2.00 bits per heavy atom. The fraction of sp³-hybridized carbons (Fsp3) is 0.375. The van der Waals surface area contributed by atoms with Crippen molar-refractivity contribution in [1.82, 2.24) is 10.3 Å². The van der Waals surface area contributed by atoms with E-state index in [4.69, 9.17) is 10.5 Å². The minimum atomic E-state index is 0. The number of aromatic nitrogens is 1. The number of aliphatic imine (C=N–C) groups is 1. The largest absolute Gasteiger partial charge is 0.497 e. The van der Waals surface area contributed by atoms with E-state index >= 15 is 0 Å². The maximum absolute atomic E-state index is 5.88. The predicted octanol–water partition coefficient (Wildman–Crippen LogP) is 3.03. The molecule has 23 heavy (non-hydrogen) atoms. The van der Waals surface area contributed by atoms with Crippen molar-refractivity contribution in [2.75, 3.05) is 13.7 Å². The molecule has 0 bridgehead atoms. The van der Waals surface area contributed by atoms with Gasteiger partial charge in [0.2, 0.25) is 0 Å². The number of halogens is 1. The van der Waals surface area contributed by atoms with Gasteiger partial charge in [0, 0.05) is 11.4 Å². The van der Waals surface area contributed by atoms with Gasteiger partial charge in [0.05, 0.1) is 24.4 Å². The van der Waals surface area contributed by atoms with Gasteiger partial charge in [-0.3, -0.25) is 0 Å². The molecule has 0 unspecified atom stereocenters. The van der Waals surface area contributed by atoms with E-state index in [1.807, 2.05) is 19.1 Å². The topological polar surface area (TPSA) is 72.5 Å². The second kappa shape index (κ2) is 9.71. The number of rotatable bonds is 6. The molecule has 0 aliphatic rings. The Bertz CT molecular complexity index is 640. The first-order valence-electron chi connectivity index (χ1n) is 7.18. The molecule has 2 rings (SSSR count). The SMILES string of the molecule is COc1ccc(CCNC(N)=NCc2nc(C)sc2C)cc1.I. The molecule has 7 heteroatoms. The highest BCUT2D eigenvalue weighted by molar-refractivity contribution is 14.0. The number of thiazole rings is 1. The molecule has 0 spiro atoms. The summed E-state index contributed by atoms with van der Waals surface area (Å²) in [6.45, 7) is 5.33. The lowest BCUT2D eigenvalue weighted by Gasteiger charge is -2.06. The third kappa shape index (κ3) is 6.34. The average Bonchev–Trinajstić information content (AvgIpc) is 2.84.